The molecule has 2 aromatic rings. The predicted octanol–water partition coefficient (Wildman–Crippen LogP) is 3.27. The second-order valence-corrected chi connectivity index (χ2v) is 6.89. The van der Waals surface area contributed by atoms with E-state index in [2.05, 4.69) is 17.4 Å². The Labute approximate surface area is 154 Å². The van der Waals surface area contributed by atoms with Gasteiger partial charge in [-0.1, -0.05) is 30.3 Å². The van der Waals surface area contributed by atoms with Crippen LogP contribution in [0.4, 0.5) is 0 Å². The summed E-state index contributed by atoms with van der Waals surface area (Å²) in [6.07, 6.45) is 7.22. The van der Waals surface area contributed by atoms with E-state index in [9.17, 15) is 9.59 Å². The summed E-state index contributed by atoms with van der Waals surface area (Å²) in [5.41, 5.74) is 1.88. The predicted molar refractivity (Wildman–Crippen MR) is 99.7 cm³/mol. The Morgan fingerprint density at radius 2 is 1.88 bits per heavy atom. The summed E-state index contributed by atoms with van der Waals surface area (Å²) < 4.78 is 4.98. The van der Waals surface area contributed by atoms with E-state index in [-0.39, 0.29) is 11.8 Å². The second kappa shape index (κ2) is 9.22. The van der Waals surface area contributed by atoms with Crippen LogP contribution in [0, 0.1) is 5.92 Å². The molecule has 2 amide bonds. The van der Waals surface area contributed by atoms with E-state index in [0.29, 0.717) is 24.4 Å². The first-order valence-corrected chi connectivity index (χ1v) is 9.34. The first-order valence-electron chi connectivity index (χ1n) is 9.34. The minimum Gasteiger partial charge on any atom is -0.472 e. The average molecular weight is 354 g/mol. The molecular formula is C21H26N2O3. The van der Waals surface area contributed by atoms with E-state index in [1.54, 1.807) is 6.07 Å². The Kier molecular flexibility index (Phi) is 6.47. The van der Waals surface area contributed by atoms with Crippen LogP contribution >= 0.6 is 0 Å². The molecule has 0 radical (unpaired) electrons. The SMILES string of the molecule is O=C(CCCc1ccccc1)NCC1CCN(C(=O)c2ccoc2)CC1. The third-order valence-electron chi connectivity index (χ3n) is 4.97. The monoisotopic (exact) mass is 354 g/mol. The molecule has 0 spiro atoms. The van der Waals surface area contributed by atoms with Gasteiger partial charge in [0.05, 0.1) is 11.8 Å². The van der Waals surface area contributed by atoms with E-state index in [4.69, 9.17) is 4.42 Å². The van der Waals surface area contributed by atoms with Gasteiger partial charge < -0.3 is 14.6 Å². The van der Waals surface area contributed by atoms with Crippen LogP contribution in [-0.2, 0) is 11.2 Å². The summed E-state index contributed by atoms with van der Waals surface area (Å²) in [4.78, 5) is 26.1. The molecule has 5 nitrogen and oxygen atoms in total. The lowest BCUT2D eigenvalue weighted by Crippen LogP contribution is -2.41. The Hall–Kier alpha value is -2.56. The molecule has 1 N–H and O–H groups in total. The van der Waals surface area contributed by atoms with Crippen LogP contribution < -0.4 is 5.32 Å². The first kappa shape index (κ1) is 18.2. The number of rotatable bonds is 7. The molecule has 1 aliphatic heterocycles. The fraction of sp³-hybridized carbons (Fsp3) is 0.429. The second-order valence-electron chi connectivity index (χ2n) is 6.89. The Balaban J connectivity index is 1.31. The molecule has 1 fully saturated rings. The van der Waals surface area contributed by atoms with Gasteiger partial charge in [0.25, 0.3) is 5.91 Å². The average Bonchev–Trinajstić information content (AvgIpc) is 3.22. The fourth-order valence-corrected chi connectivity index (χ4v) is 3.35. The maximum absolute atomic E-state index is 12.3. The number of hydrogen-bond donors (Lipinski definition) is 1. The molecule has 26 heavy (non-hydrogen) atoms. The number of amides is 2. The number of benzene rings is 1. The zero-order valence-corrected chi connectivity index (χ0v) is 15.0. The molecule has 138 valence electrons. The van der Waals surface area contributed by atoms with Gasteiger partial charge in [0.1, 0.15) is 6.26 Å². The summed E-state index contributed by atoms with van der Waals surface area (Å²) in [7, 11) is 0. The van der Waals surface area contributed by atoms with E-state index < -0.39 is 0 Å². The smallest absolute Gasteiger partial charge is 0.257 e. The van der Waals surface area contributed by atoms with Gasteiger partial charge >= 0.3 is 0 Å². The van der Waals surface area contributed by atoms with E-state index in [1.807, 2.05) is 23.1 Å². The highest BCUT2D eigenvalue weighted by Gasteiger charge is 2.24. The number of carbonyl (C=O) groups is 2. The molecule has 5 heteroatoms. The van der Waals surface area contributed by atoms with Crippen molar-refractivity contribution in [3.63, 3.8) is 0 Å². The van der Waals surface area contributed by atoms with Gasteiger partial charge in [0.15, 0.2) is 0 Å². The molecule has 1 aromatic carbocycles. The van der Waals surface area contributed by atoms with Crippen LogP contribution in [-0.4, -0.2) is 36.3 Å². The zero-order valence-electron chi connectivity index (χ0n) is 15.0. The maximum atomic E-state index is 12.3. The third kappa shape index (κ3) is 5.22. The molecule has 1 aliphatic rings. The highest BCUT2D eigenvalue weighted by Crippen LogP contribution is 2.18. The number of hydrogen-bond acceptors (Lipinski definition) is 3. The lowest BCUT2D eigenvalue weighted by molar-refractivity contribution is -0.121. The number of likely N-dealkylation sites (tertiary alicyclic amines) is 1. The van der Waals surface area contributed by atoms with Gasteiger partial charge in [0.2, 0.25) is 5.91 Å². The molecule has 0 bridgehead atoms. The van der Waals surface area contributed by atoms with Crippen molar-refractivity contribution < 1.29 is 14.0 Å². The zero-order chi connectivity index (χ0) is 18.2. The van der Waals surface area contributed by atoms with Gasteiger partial charge in [-0.2, -0.15) is 0 Å². The van der Waals surface area contributed by atoms with E-state index in [0.717, 1.165) is 38.8 Å². The van der Waals surface area contributed by atoms with Crippen molar-refractivity contribution in [2.24, 2.45) is 5.92 Å². The van der Waals surface area contributed by atoms with Crippen LogP contribution in [0.2, 0.25) is 0 Å². The number of furan rings is 1. The van der Waals surface area contributed by atoms with Crippen LogP contribution in [0.15, 0.2) is 53.3 Å². The number of aryl methyl sites for hydroxylation is 1. The van der Waals surface area contributed by atoms with Crippen molar-refractivity contribution in [2.75, 3.05) is 19.6 Å². The number of nitrogens with one attached hydrogen (secondary N) is 1. The van der Waals surface area contributed by atoms with Crippen molar-refractivity contribution in [2.45, 2.75) is 32.1 Å². The normalized spacial score (nSPS) is 15.0. The van der Waals surface area contributed by atoms with Crippen LogP contribution in [0.5, 0.6) is 0 Å². The molecule has 0 atom stereocenters. The minimum atomic E-state index is 0.0298. The molecule has 0 unspecified atom stereocenters. The molecular weight excluding hydrogens is 328 g/mol. The number of nitrogens with zero attached hydrogens (tertiary/aromatic N) is 1. The number of carbonyl (C=O) groups excluding carboxylic acids is 2. The van der Waals surface area contributed by atoms with Gasteiger partial charge in [-0.25, -0.2) is 0 Å². The Morgan fingerprint density at radius 3 is 2.58 bits per heavy atom. The topological polar surface area (TPSA) is 62.6 Å². The molecule has 3 rings (SSSR count). The van der Waals surface area contributed by atoms with Crippen LogP contribution in [0.1, 0.15) is 41.6 Å². The third-order valence-corrected chi connectivity index (χ3v) is 4.97. The summed E-state index contributed by atoms with van der Waals surface area (Å²) in [6, 6.07) is 11.9. The largest absolute Gasteiger partial charge is 0.472 e. The maximum Gasteiger partial charge on any atom is 0.257 e. The van der Waals surface area contributed by atoms with Crippen LogP contribution in [0.25, 0.3) is 0 Å². The quantitative estimate of drug-likeness (QED) is 0.830. The van der Waals surface area contributed by atoms with Crippen molar-refractivity contribution >= 4 is 11.8 Å². The molecule has 0 saturated carbocycles. The van der Waals surface area contributed by atoms with Gasteiger partial charge in [-0.3, -0.25) is 9.59 Å². The molecule has 2 heterocycles. The fourth-order valence-electron chi connectivity index (χ4n) is 3.35. The van der Waals surface area contributed by atoms with Crippen molar-refractivity contribution in [3.05, 3.63) is 60.1 Å². The number of piperidine rings is 1. The highest BCUT2D eigenvalue weighted by molar-refractivity contribution is 5.93. The lowest BCUT2D eigenvalue weighted by Gasteiger charge is -2.31. The Morgan fingerprint density at radius 1 is 1.12 bits per heavy atom. The molecule has 1 saturated heterocycles. The van der Waals surface area contributed by atoms with Crippen molar-refractivity contribution in [3.8, 4) is 0 Å². The molecule has 1 aromatic heterocycles. The summed E-state index contributed by atoms with van der Waals surface area (Å²) in [6.45, 7) is 2.18. The van der Waals surface area contributed by atoms with Crippen LogP contribution in [0.3, 0.4) is 0 Å². The van der Waals surface area contributed by atoms with Gasteiger partial charge in [-0.05, 0) is 43.2 Å². The van der Waals surface area contributed by atoms with Gasteiger partial charge in [0, 0.05) is 26.1 Å². The summed E-state index contributed by atoms with van der Waals surface area (Å²) in [5, 5.41) is 3.05. The van der Waals surface area contributed by atoms with Gasteiger partial charge in [-0.15, -0.1) is 0 Å². The van der Waals surface area contributed by atoms with Crippen molar-refractivity contribution in [1.82, 2.24) is 10.2 Å². The van der Waals surface area contributed by atoms with E-state index in [1.165, 1.54) is 18.1 Å². The highest BCUT2D eigenvalue weighted by atomic mass is 16.3. The molecule has 0 aliphatic carbocycles. The summed E-state index contributed by atoms with van der Waals surface area (Å²) >= 11 is 0. The van der Waals surface area contributed by atoms with E-state index >= 15 is 0 Å². The minimum absolute atomic E-state index is 0.0298. The lowest BCUT2D eigenvalue weighted by atomic mass is 9.96. The summed E-state index contributed by atoms with van der Waals surface area (Å²) in [5.74, 6) is 0.599. The Bertz CT molecular complexity index is 689. The first-order chi connectivity index (χ1) is 12.7. The standard InChI is InChI=1S/C21H26N2O3/c24-20(8-4-7-17-5-2-1-3-6-17)22-15-18-9-12-23(13-10-18)21(25)19-11-14-26-16-19/h1-3,5-6,11,14,16,18H,4,7-10,12-13,15H2,(H,22,24). The van der Waals surface area contributed by atoms with Crippen molar-refractivity contribution in [1.29, 1.82) is 0 Å².